The SMILES string of the molecule is CC1C2CC1CC(O)(c1ccccn1)C2. The molecule has 0 saturated heterocycles. The Kier molecular flexibility index (Phi) is 1.90. The van der Waals surface area contributed by atoms with Gasteiger partial charge < -0.3 is 5.11 Å². The van der Waals surface area contributed by atoms with Gasteiger partial charge in [-0.25, -0.2) is 0 Å². The van der Waals surface area contributed by atoms with E-state index >= 15 is 0 Å². The Morgan fingerprint density at radius 3 is 2.60 bits per heavy atom. The molecule has 3 aliphatic rings. The van der Waals surface area contributed by atoms with E-state index in [-0.39, 0.29) is 0 Å². The molecule has 0 radical (unpaired) electrons. The molecule has 2 nitrogen and oxygen atoms in total. The molecule has 0 aliphatic heterocycles. The highest BCUT2D eigenvalue weighted by Crippen LogP contribution is 2.56. The molecular formula is C13H17NO. The van der Waals surface area contributed by atoms with Gasteiger partial charge in [-0.3, -0.25) is 4.98 Å². The molecule has 0 spiro atoms. The topological polar surface area (TPSA) is 33.1 Å². The maximum Gasteiger partial charge on any atom is 0.107 e. The van der Waals surface area contributed by atoms with E-state index in [4.69, 9.17) is 0 Å². The fourth-order valence-electron chi connectivity index (χ4n) is 3.34. The summed E-state index contributed by atoms with van der Waals surface area (Å²) in [5.41, 5.74) is 0.230. The third kappa shape index (κ3) is 1.31. The van der Waals surface area contributed by atoms with Crippen LogP contribution >= 0.6 is 0 Å². The van der Waals surface area contributed by atoms with Crippen molar-refractivity contribution in [3.05, 3.63) is 30.1 Å². The molecule has 15 heavy (non-hydrogen) atoms. The van der Waals surface area contributed by atoms with Gasteiger partial charge in [0, 0.05) is 6.20 Å². The zero-order valence-electron chi connectivity index (χ0n) is 9.06. The van der Waals surface area contributed by atoms with E-state index in [0.29, 0.717) is 0 Å². The second-order valence-corrected chi connectivity index (χ2v) is 5.27. The van der Waals surface area contributed by atoms with Gasteiger partial charge in [0.05, 0.1) is 5.69 Å². The second-order valence-electron chi connectivity index (χ2n) is 5.27. The van der Waals surface area contributed by atoms with Gasteiger partial charge in [-0.2, -0.15) is 0 Å². The van der Waals surface area contributed by atoms with Crippen LogP contribution in [0.25, 0.3) is 0 Å². The van der Waals surface area contributed by atoms with Gasteiger partial charge in [-0.1, -0.05) is 13.0 Å². The molecule has 80 valence electrons. The lowest BCUT2D eigenvalue weighted by Crippen LogP contribution is -2.50. The largest absolute Gasteiger partial charge is 0.384 e. The summed E-state index contributed by atoms with van der Waals surface area (Å²) in [5.74, 6) is 2.25. The lowest BCUT2D eigenvalue weighted by atomic mass is 9.53. The lowest BCUT2D eigenvalue weighted by Gasteiger charge is -2.54. The number of fused-ring (bicyclic) bond motifs is 2. The van der Waals surface area contributed by atoms with Crippen LogP contribution in [0.2, 0.25) is 0 Å². The van der Waals surface area contributed by atoms with Gasteiger partial charge in [-0.15, -0.1) is 0 Å². The molecule has 0 aromatic carbocycles. The summed E-state index contributed by atoms with van der Waals surface area (Å²) in [6.45, 7) is 2.32. The molecule has 0 amide bonds. The maximum atomic E-state index is 10.6. The minimum Gasteiger partial charge on any atom is -0.384 e. The molecule has 4 rings (SSSR count). The minimum atomic E-state index is -0.638. The quantitative estimate of drug-likeness (QED) is 0.760. The lowest BCUT2D eigenvalue weighted by molar-refractivity contribution is -0.127. The van der Waals surface area contributed by atoms with Crippen molar-refractivity contribution in [1.82, 2.24) is 4.98 Å². The van der Waals surface area contributed by atoms with Crippen LogP contribution in [-0.2, 0) is 5.60 Å². The summed E-state index contributed by atoms with van der Waals surface area (Å²) in [7, 11) is 0. The van der Waals surface area contributed by atoms with E-state index in [1.807, 2.05) is 18.2 Å². The third-order valence-corrected chi connectivity index (χ3v) is 4.43. The van der Waals surface area contributed by atoms with E-state index in [0.717, 1.165) is 36.3 Å². The van der Waals surface area contributed by atoms with Gasteiger partial charge >= 0.3 is 0 Å². The number of aromatic nitrogens is 1. The van der Waals surface area contributed by atoms with E-state index in [1.54, 1.807) is 6.20 Å². The van der Waals surface area contributed by atoms with Crippen molar-refractivity contribution in [3.63, 3.8) is 0 Å². The average Bonchev–Trinajstić information content (AvgIpc) is 2.29. The number of hydrogen-bond acceptors (Lipinski definition) is 2. The third-order valence-electron chi connectivity index (χ3n) is 4.43. The predicted molar refractivity (Wildman–Crippen MR) is 58.1 cm³/mol. The molecule has 1 aromatic heterocycles. The van der Waals surface area contributed by atoms with Gasteiger partial charge in [-0.05, 0) is 49.1 Å². The molecule has 3 aliphatic carbocycles. The highest BCUT2D eigenvalue weighted by atomic mass is 16.3. The summed E-state index contributed by atoms with van der Waals surface area (Å²) < 4.78 is 0. The van der Waals surface area contributed by atoms with Crippen molar-refractivity contribution >= 4 is 0 Å². The van der Waals surface area contributed by atoms with E-state index in [9.17, 15) is 5.11 Å². The van der Waals surface area contributed by atoms with Crippen LogP contribution in [0, 0.1) is 17.8 Å². The van der Waals surface area contributed by atoms with Crippen LogP contribution in [0.15, 0.2) is 24.4 Å². The zero-order valence-corrected chi connectivity index (χ0v) is 9.06. The zero-order chi connectivity index (χ0) is 10.5. The minimum absolute atomic E-state index is 0.638. The maximum absolute atomic E-state index is 10.6. The molecule has 1 aromatic rings. The van der Waals surface area contributed by atoms with Crippen LogP contribution in [0.5, 0.6) is 0 Å². The van der Waals surface area contributed by atoms with Crippen LogP contribution in [0.1, 0.15) is 31.9 Å². The first-order chi connectivity index (χ1) is 7.19. The van der Waals surface area contributed by atoms with E-state index in [2.05, 4.69) is 11.9 Å². The summed E-state index contributed by atoms with van der Waals surface area (Å²) >= 11 is 0. The normalized spacial score (nSPS) is 43.5. The van der Waals surface area contributed by atoms with Crippen molar-refractivity contribution in [3.8, 4) is 0 Å². The Morgan fingerprint density at radius 2 is 2.07 bits per heavy atom. The van der Waals surface area contributed by atoms with Crippen molar-refractivity contribution in [1.29, 1.82) is 0 Å². The van der Waals surface area contributed by atoms with Crippen molar-refractivity contribution in [2.45, 2.75) is 31.8 Å². The molecular weight excluding hydrogens is 186 g/mol. The fourth-order valence-corrected chi connectivity index (χ4v) is 3.34. The Labute approximate surface area is 90.4 Å². The number of aliphatic hydroxyl groups is 1. The van der Waals surface area contributed by atoms with Gasteiger partial charge in [0.2, 0.25) is 0 Å². The van der Waals surface area contributed by atoms with Gasteiger partial charge in [0.25, 0.3) is 0 Å². The Hall–Kier alpha value is -0.890. The number of rotatable bonds is 1. The van der Waals surface area contributed by atoms with E-state index < -0.39 is 5.60 Å². The first-order valence-electron chi connectivity index (χ1n) is 5.83. The first kappa shape index (κ1) is 9.34. The molecule has 2 bridgehead atoms. The Balaban J connectivity index is 1.88. The summed E-state index contributed by atoms with van der Waals surface area (Å²) in [6.07, 6.45) is 4.90. The Bertz CT molecular complexity index is 350. The summed E-state index contributed by atoms with van der Waals surface area (Å²) in [4.78, 5) is 4.30. The number of pyridine rings is 1. The standard InChI is InChI=1S/C13H17NO/c1-9-10-6-11(9)8-13(15,7-10)12-4-2-3-5-14-12/h2-5,9-11,15H,6-8H2,1H3. The van der Waals surface area contributed by atoms with Crippen molar-refractivity contribution < 1.29 is 5.11 Å². The second kappa shape index (κ2) is 3.05. The molecule has 3 fully saturated rings. The van der Waals surface area contributed by atoms with Crippen LogP contribution in [-0.4, -0.2) is 10.1 Å². The average molecular weight is 203 g/mol. The molecule has 1 N–H and O–H groups in total. The van der Waals surface area contributed by atoms with Crippen molar-refractivity contribution in [2.75, 3.05) is 0 Å². The summed E-state index contributed by atoms with van der Waals surface area (Å²) in [6, 6.07) is 5.82. The Morgan fingerprint density at radius 1 is 1.33 bits per heavy atom. The monoisotopic (exact) mass is 203 g/mol. The molecule has 2 heteroatoms. The van der Waals surface area contributed by atoms with Gasteiger partial charge in [0.15, 0.2) is 0 Å². The van der Waals surface area contributed by atoms with Gasteiger partial charge in [0.1, 0.15) is 5.60 Å². The predicted octanol–water partition coefficient (Wildman–Crippen LogP) is 2.34. The number of hydrogen-bond donors (Lipinski definition) is 1. The first-order valence-corrected chi connectivity index (χ1v) is 5.83. The molecule has 3 saturated carbocycles. The van der Waals surface area contributed by atoms with Crippen LogP contribution in [0.4, 0.5) is 0 Å². The highest BCUT2D eigenvalue weighted by molar-refractivity contribution is 5.17. The number of nitrogens with zero attached hydrogens (tertiary/aromatic N) is 1. The summed E-state index contributed by atoms with van der Waals surface area (Å²) in [5, 5.41) is 10.6. The smallest absolute Gasteiger partial charge is 0.107 e. The fraction of sp³-hybridized carbons (Fsp3) is 0.615. The highest BCUT2D eigenvalue weighted by Gasteiger charge is 2.51. The molecule has 1 heterocycles. The van der Waals surface area contributed by atoms with E-state index in [1.165, 1.54) is 6.42 Å². The molecule has 2 atom stereocenters. The van der Waals surface area contributed by atoms with Crippen molar-refractivity contribution in [2.24, 2.45) is 17.8 Å². The van der Waals surface area contributed by atoms with Crippen LogP contribution < -0.4 is 0 Å². The van der Waals surface area contributed by atoms with Crippen LogP contribution in [0.3, 0.4) is 0 Å². The molecule has 2 unspecified atom stereocenters.